The Hall–Kier alpha value is -2.28. The van der Waals surface area contributed by atoms with Gasteiger partial charge in [0.1, 0.15) is 5.75 Å². The number of nitrogens with zero attached hydrogens (tertiary/aromatic N) is 3. The van der Waals surface area contributed by atoms with Crippen LogP contribution < -0.4 is 10.1 Å². The van der Waals surface area contributed by atoms with E-state index in [4.69, 9.17) is 14.5 Å². The van der Waals surface area contributed by atoms with E-state index >= 15 is 0 Å². The molecule has 0 spiro atoms. The van der Waals surface area contributed by atoms with Crippen LogP contribution in [0.25, 0.3) is 0 Å². The molecule has 1 fully saturated rings. The minimum absolute atomic E-state index is 0.00865. The first kappa shape index (κ1) is 24.0. The van der Waals surface area contributed by atoms with Crippen molar-refractivity contribution >= 4 is 11.9 Å². The summed E-state index contributed by atoms with van der Waals surface area (Å²) in [4.78, 5) is 21.2. The van der Waals surface area contributed by atoms with Gasteiger partial charge in [-0.05, 0) is 64.9 Å². The number of nitrogens with one attached hydrogen (secondary N) is 1. The van der Waals surface area contributed by atoms with Crippen LogP contribution in [0.4, 0.5) is 0 Å². The number of carbonyl (C=O) groups excluding carboxylic acids is 1. The van der Waals surface area contributed by atoms with Crippen molar-refractivity contribution in [3.8, 4) is 5.75 Å². The van der Waals surface area contributed by atoms with Gasteiger partial charge in [-0.2, -0.15) is 0 Å². The highest BCUT2D eigenvalue weighted by atomic mass is 16.5. The summed E-state index contributed by atoms with van der Waals surface area (Å²) in [5.41, 5.74) is 1.15. The molecule has 1 aromatic carbocycles. The summed E-state index contributed by atoms with van der Waals surface area (Å²) < 4.78 is 11.0. The van der Waals surface area contributed by atoms with Crippen LogP contribution in [0.15, 0.2) is 29.3 Å². The standard InChI is InChI=1S/C23H38N4O3/c1-5-24-23(27-15-12-20(13-16-27)22(28)29-6-2)25-18-19-8-10-21(11-9-19)30-17-7-14-26(3)4/h8-11,20H,5-7,12-18H2,1-4H3,(H,24,25). The van der Waals surface area contributed by atoms with Crippen LogP contribution in [0.1, 0.15) is 38.7 Å². The number of ether oxygens (including phenoxy) is 2. The first-order valence-corrected chi connectivity index (χ1v) is 11.1. The largest absolute Gasteiger partial charge is 0.494 e. The highest BCUT2D eigenvalue weighted by Crippen LogP contribution is 2.19. The minimum Gasteiger partial charge on any atom is -0.494 e. The van der Waals surface area contributed by atoms with Crippen LogP contribution in [-0.2, 0) is 16.1 Å². The van der Waals surface area contributed by atoms with Crippen molar-refractivity contribution in [1.82, 2.24) is 15.1 Å². The predicted octanol–water partition coefficient (Wildman–Crippen LogP) is 2.76. The average molecular weight is 419 g/mol. The normalized spacial score (nSPS) is 15.4. The molecule has 0 saturated carbocycles. The Morgan fingerprint density at radius 1 is 1.20 bits per heavy atom. The molecule has 30 heavy (non-hydrogen) atoms. The Kier molecular flexibility index (Phi) is 10.5. The van der Waals surface area contributed by atoms with Gasteiger partial charge >= 0.3 is 5.97 Å². The van der Waals surface area contributed by atoms with Gasteiger partial charge in [-0.3, -0.25) is 4.79 Å². The molecule has 0 aliphatic carbocycles. The molecule has 0 bridgehead atoms. The lowest BCUT2D eigenvalue weighted by atomic mass is 9.97. The number of hydrogen-bond donors (Lipinski definition) is 1. The highest BCUT2D eigenvalue weighted by Gasteiger charge is 2.27. The van der Waals surface area contributed by atoms with E-state index < -0.39 is 0 Å². The van der Waals surface area contributed by atoms with E-state index in [1.807, 2.05) is 19.1 Å². The lowest BCUT2D eigenvalue weighted by molar-refractivity contribution is -0.149. The number of benzene rings is 1. The van der Waals surface area contributed by atoms with E-state index in [0.29, 0.717) is 13.2 Å². The van der Waals surface area contributed by atoms with Crippen molar-refractivity contribution in [3.63, 3.8) is 0 Å². The maximum Gasteiger partial charge on any atom is 0.309 e. The summed E-state index contributed by atoms with van der Waals surface area (Å²) in [5, 5.41) is 3.38. The van der Waals surface area contributed by atoms with Crippen LogP contribution in [0.3, 0.4) is 0 Å². The van der Waals surface area contributed by atoms with E-state index in [1.54, 1.807) is 0 Å². The molecule has 1 heterocycles. The number of esters is 1. The summed E-state index contributed by atoms with van der Waals surface area (Å²) in [5.74, 6) is 1.75. The lowest BCUT2D eigenvalue weighted by Gasteiger charge is -2.33. The first-order chi connectivity index (χ1) is 14.5. The molecule has 0 atom stereocenters. The Morgan fingerprint density at radius 3 is 2.50 bits per heavy atom. The maximum atomic E-state index is 12.0. The lowest BCUT2D eigenvalue weighted by Crippen LogP contribution is -2.46. The van der Waals surface area contributed by atoms with Gasteiger partial charge in [-0.1, -0.05) is 12.1 Å². The van der Waals surface area contributed by atoms with Gasteiger partial charge in [-0.25, -0.2) is 4.99 Å². The molecule has 1 saturated heterocycles. The first-order valence-electron chi connectivity index (χ1n) is 11.1. The van der Waals surface area contributed by atoms with Gasteiger partial charge in [0.05, 0.1) is 25.7 Å². The fraction of sp³-hybridized carbons (Fsp3) is 0.652. The van der Waals surface area contributed by atoms with E-state index in [9.17, 15) is 4.79 Å². The minimum atomic E-state index is -0.0666. The molecule has 1 N–H and O–H groups in total. The second kappa shape index (κ2) is 13.1. The summed E-state index contributed by atoms with van der Waals surface area (Å²) >= 11 is 0. The number of likely N-dealkylation sites (tertiary alicyclic amines) is 1. The van der Waals surface area contributed by atoms with Gasteiger partial charge < -0.3 is 24.6 Å². The zero-order valence-corrected chi connectivity index (χ0v) is 19.0. The fourth-order valence-electron chi connectivity index (χ4n) is 3.44. The highest BCUT2D eigenvalue weighted by molar-refractivity contribution is 5.80. The number of rotatable bonds is 10. The Balaban J connectivity index is 1.85. The quantitative estimate of drug-likeness (QED) is 0.273. The van der Waals surface area contributed by atoms with Crippen molar-refractivity contribution in [1.29, 1.82) is 0 Å². The number of aliphatic imine (C=N–C) groups is 1. The van der Waals surface area contributed by atoms with Crippen molar-refractivity contribution in [2.45, 2.75) is 39.7 Å². The summed E-state index contributed by atoms with van der Waals surface area (Å²) in [6, 6.07) is 8.17. The van der Waals surface area contributed by atoms with Gasteiger partial charge in [0.15, 0.2) is 5.96 Å². The van der Waals surface area contributed by atoms with E-state index in [1.165, 1.54) is 0 Å². The third-order valence-corrected chi connectivity index (χ3v) is 5.10. The molecule has 7 heteroatoms. The zero-order chi connectivity index (χ0) is 21.8. The second-order valence-corrected chi connectivity index (χ2v) is 7.83. The summed E-state index contributed by atoms with van der Waals surface area (Å²) in [6.45, 7) is 9.18. The Morgan fingerprint density at radius 2 is 1.90 bits per heavy atom. The summed E-state index contributed by atoms with van der Waals surface area (Å²) in [7, 11) is 4.14. The molecular formula is C23H38N4O3. The van der Waals surface area contributed by atoms with Gasteiger partial charge in [0.2, 0.25) is 0 Å². The predicted molar refractivity (Wildman–Crippen MR) is 121 cm³/mol. The SMILES string of the molecule is CCNC(=NCc1ccc(OCCCN(C)C)cc1)N1CCC(C(=O)OCC)CC1. The molecule has 168 valence electrons. The van der Waals surface area contributed by atoms with E-state index in [-0.39, 0.29) is 11.9 Å². The van der Waals surface area contributed by atoms with Crippen LogP contribution in [0, 0.1) is 5.92 Å². The van der Waals surface area contributed by atoms with Crippen LogP contribution in [0.5, 0.6) is 5.75 Å². The van der Waals surface area contributed by atoms with Crippen molar-refractivity contribution in [2.75, 3.05) is 53.5 Å². The third kappa shape index (κ3) is 8.22. The maximum absolute atomic E-state index is 12.0. The van der Waals surface area contributed by atoms with Crippen molar-refractivity contribution in [2.24, 2.45) is 10.9 Å². The Bertz CT molecular complexity index is 653. The van der Waals surface area contributed by atoms with E-state index in [0.717, 1.165) is 69.3 Å². The molecule has 0 amide bonds. The van der Waals surface area contributed by atoms with E-state index in [2.05, 4.69) is 48.3 Å². The van der Waals surface area contributed by atoms with Crippen LogP contribution >= 0.6 is 0 Å². The Labute approximate surface area is 181 Å². The smallest absolute Gasteiger partial charge is 0.309 e. The second-order valence-electron chi connectivity index (χ2n) is 7.83. The molecular weight excluding hydrogens is 380 g/mol. The molecule has 0 unspecified atom stereocenters. The number of carbonyl (C=O) groups is 1. The monoisotopic (exact) mass is 418 g/mol. The molecule has 1 aliphatic rings. The molecule has 0 radical (unpaired) electrons. The van der Waals surface area contributed by atoms with Crippen molar-refractivity contribution < 1.29 is 14.3 Å². The van der Waals surface area contributed by atoms with Gasteiger partial charge in [0, 0.05) is 26.2 Å². The van der Waals surface area contributed by atoms with Gasteiger partial charge in [-0.15, -0.1) is 0 Å². The topological polar surface area (TPSA) is 66.4 Å². The van der Waals surface area contributed by atoms with Gasteiger partial charge in [0.25, 0.3) is 0 Å². The summed E-state index contributed by atoms with van der Waals surface area (Å²) in [6.07, 6.45) is 2.63. The zero-order valence-electron chi connectivity index (χ0n) is 19.0. The number of hydrogen-bond acceptors (Lipinski definition) is 5. The number of piperidine rings is 1. The van der Waals surface area contributed by atoms with Crippen molar-refractivity contribution in [3.05, 3.63) is 29.8 Å². The molecule has 1 aromatic rings. The molecule has 0 aromatic heterocycles. The number of guanidine groups is 1. The average Bonchev–Trinajstić information content (AvgIpc) is 2.75. The van der Waals surface area contributed by atoms with Crippen LogP contribution in [0.2, 0.25) is 0 Å². The molecule has 2 rings (SSSR count). The van der Waals surface area contributed by atoms with Crippen LogP contribution in [-0.4, -0.2) is 75.2 Å². The third-order valence-electron chi connectivity index (χ3n) is 5.10. The molecule has 7 nitrogen and oxygen atoms in total. The molecule has 1 aliphatic heterocycles. The fourth-order valence-corrected chi connectivity index (χ4v) is 3.44.